The summed E-state index contributed by atoms with van der Waals surface area (Å²) in [5.41, 5.74) is -0.162. The molecule has 0 aromatic heterocycles. The number of aliphatic hydroxyl groups is 2. The molecule has 0 heterocycles. The molecule has 1 atom stereocenters. The first-order valence-corrected chi connectivity index (χ1v) is 3.20. The van der Waals surface area contributed by atoms with Crippen molar-refractivity contribution in [3.8, 4) is 0 Å². The lowest BCUT2D eigenvalue weighted by atomic mass is 10.0. The third-order valence-electron chi connectivity index (χ3n) is 1.99. The van der Waals surface area contributed by atoms with Crippen LogP contribution < -0.4 is 0 Å². The van der Waals surface area contributed by atoms with Gasteiger partial charge in [-0.15, -0.1) is 0 Å². The molecule has 1 rings (SSSR count). The van der Waals surface area contributed by atoms with Crippen molar-refractivity contribution in [2.75, 3.05) is 6.61 Å². The van der Waals surface area contributed by atoms with Crippen molar-refractivity contribution >= 4 is 0 Å². The fourth-order valence-electron chi connectivity index (χ4n) is 1.19. The van der Waals surface area contributed by atoms with Crippen LogP contribution in [0.25, 0.3) is 0 Å². The Morgan fingerprint density at radius 2 is 2.33 bits per heavy atom. The summed E-state index contributed by atoms with van der Waals surface area (Å²) in [6, 6.07) is 0. The molecule has 0 amide bonds. The average molecular weight is 128 g/mol. The molecular weight excluding hydrogens is 116 g/mol. The number of aliphatic hydroxyl groups excluding tert-OH is 1. The van der Waals surface area contributed by atoms with Gasteiger partial charge in [0.1, 0.15) is 5.60 Å². The van der Waals surface area contributed by atoms with E-state index in [2.05, 4.69) is 6.58 Å². The lowest BCUT2D eigenvalue weighted by Gasteiger charge is -2.19. The predicted molar refractivity (Wildman–Crippen MR) is 35.0 cm³/mol. The Labute approximate surface area is 54.8 Å². The first-order chi connectivity index (χ1) is 4.19. The van der Waals surface area contributed by atoms with Crippen LogP contribution in [-0.4, -0.2) is 22.4 Å². The van der Waals surface area contributed by atoms with Crippen LogP contribution in [0.4, 0.5) is 0 Å². The molecule has 0 saturated heterocycles. The normalized spacial score (nSPS) is 35.6. The summed E-state index contributed by atoms with van der Waals surface area (Å²) in [4.78, 5) is 0. The molecule has 0 aromatic carbocycles. The van der Waals surface area contributed by atoms with Gasteiger partial charge in [0.05, 0.1) is 6.61 Å². The van der Waals surface area contributed by atoms with E-state index in [-0.39, 0.29) is 6.61 Å². The molecule has 1 fully saturated rings. The largest absolute Gasteiger partial charge is 0.393 e. The maximum absolute atomic E-state index is 9.42. The minimum atomic E-state index is -0.944. The van der Waals surface area contributed by atoms with E-state index in [1.807, 2.05) is 0 Å². The van der Waals surface area contributed by atoms with Crippen molar-refractivity contribution in [2.45, 2.75) is 24.9 Å². The van der Waals surface area contributed by atoms with Crippen LogP contribution in [0.5, 0.6) is 0 Å². The minimum absolute atomic E-state index is 0.175. The summed E-state index contributed by atoms with van der Waals surface area (Å²) < 4.78 is 0. The zero-order valence-corrected chi connectivity index (χ0v) is 5.43. The van der Waals surface area contributed by atoms with Crippen molar-refractivity contribution in [3.05, 3.63) is 12.2 Å². The zero-order valence-electron chi connectivity index (χ0n) is 5.43. The van der Waals surface area contributed by atoms with Crippen LogP contribution >= 0.6 is 0 Å². The summed E-state index contributed by atoms with van der Waals surface area (Å²) in [7, 11) is 0. The molecule has 0 bridgehead atoms. The third-order valence-corrected chi connectivity index (χ3v) is 1.99. The lowest BCUT2D eigenvalue weighted by molar-refractivity contribution is 0.0231. The maximum Gasteiger partial charge on any atom is 0.108 e. The third kappa shape index (κ3) is 1.00. The van der Waals surface area contributed by atoms with E-state index in [1.165, 1.54) is 0 Å². The van der Waals surface area contributed by atoms with Gasteiger partial charge in [0.25, 0.3) is 0 Å². The van der Waals surface area contributed by atoms with Gasteiger partial charge in [0.2, 0.25) is 0 Å². The van der Waals surface area contributed by atoms with Gasteiger partial charge in [-0.05, 0) is 24.8 Å². The summed E-state index contributed by atoms with van der Waals surface area (Å²) in [6.45, 7) is 3.49. The van der Waals surface area contributed by atoms with Gasteiger partial charge in [-0.3, -0.25) is 0 Å². The molecule has 52 valence electrons. The molecule has 0 radical (unpaired) electrons. The highest BCUT2D eigenvalue weighted by atomic mass is 16.3. The minimum Gasteiger partial charge on any atom is -0.393 e. The first kappa shape index (κ1) is 6.78. The van der Waals surface area contributed by atoms with Crippen molar-refractivity contribution < 1.29 is 10.2 Å². The summed E-state index contributed by atoms with van der Waals surface area (Å²) in [5, 5.41) is 18.1. The molecule has 0 aromatic rings. The number of hydrogen-bond donors (Lipinski definition) is 2. The topological polar surface area (TPSA) is 40.5 Å². The second-order valence-electron chi connectivity index (χ2n) is 2.65. The van der Waals surface area contributed by atoms with Gasteiger partial charge in [0.15, 0.2) is 0 Å². The number of rotatable bonds is 1. The Kier molecular flexibility index (Phi) is 1.60. The molecule has 2 nitrogen and oxygen atoms in total. The fraction of sp³-hybridized carbons (Fsp3) is 0.714. The van der Waals surface area contributed by atoms with Crippen molar-refractivity contribution in [1.82, 2.24) is 0 Å². The second kappa shape index (κ2) is 2.12. The Morgan fingerprint density at radius 1 is 1.67 bits per heavy atom. The highest BCUT2D eigenvalue weighted by Crippen LogP contribution is 2.32. The summed E-state index contributed by atoms with van der Waals surface area (Å²) in [5.74, 6) is 0. The van der Waals surface area contributed by atoms with Crippen LogP contribution in [0.15, 0.2) is 12.2 Å². The Hall–Kier alpha value is -0.340. The standard InChI is InChI=1S/C7H12O2/c1-6-3-2-4-7(6,9)5-8/h8-9H,1-5H2. The lowest BCUT2D eigenvalue weighted by Crippen LogP contribution is -2.30. The van der Waals surface area contributed by atoms with E-state index in [0.29, 0.717) is 6.42 Å². The van der Waals surface area contributed by atoms with Crippen LogP contribution in [-0.2, 0) is 0 Å². The van der Waals surface area contributed by atoms with Crippen molar-refractivity contribution in [3.63, 3.8) is 0 Å². The van der Waals surface area contributed by atoms with Gasteiger partial charge in [0, 0.05) is 0 Å². The summed E-state index contributed by atoms with van der Waals surface area (Å²) in [6.07, 6.45) is 2.48. The van der Waals surface area contributed by atoms with Gasteiger partial charge < -0.3 is 10.2 Å². The predicted octanol–water partition coefficient (Wildman–Crippen LogP) is 0.450. The Bertz CT molecular complexity index is 131. The molecular formula is C7H12O2. The zero-order chi connectivity index (χ0) is 6.91. The Balaban J connectivity index is 2.67. The van der Waals surface area contributed by atoms with Gasteiger partial charge in [-0.2, -0.15) is 0 Å². The van der Waals surface area contributed by atoms with E-state index in [9.17, 15) is 5.11 Å². The second-order valence-corrected chi connectivity index (χ2v) is 2.65. The fourth-order valence-corrected chi connectivity index (χ4v) is 1.19. The molecule has 9 heavy (non-hydrogen) atoms. The Morgan fingerprint density at radius 3 is 2.56 bits per heavy atom. The highest BCUT2D eigenvalue weighted by molar-refractivity contribution is 5.16. The first-order valence-electron chi connectivity index (χ1n) is 3.20. The smallest absolute Gasteiger partial charge is 0.108 e. The molecule has 2 heteroatoms. The van der Waals surface area contributed by atoms with Gasteiger partial charge in [-0.1, -0.05) is 6.58 Å². The van der Waals surface area contributed by atoms with Crippen LogP contribution in [0.2, 0.25) is 0 Å². The van der Waals surface area contributed by atoms with Gasteiger partial charge >= 0.3 is 0 Å². The average Bonchev–Trinajstić information content (AvgIpc) is 2.15. The van der Waals surface area contributed by atoms with E-state index in [0.717, 1.165) is 18.4 Å². The molecule has 2 N–H and O–H groups in total. The molecule has 0 aliphatic heterocycles. The van der Waals surface area contributed by atoms with Crippen LogP contribution in [0.3, 0.4) is 0 Å². The van der Waals surface area contributed by atoms with E-state index >= 15 is 0 Å². The quantitative estimate of drug-likeness (QED) is 0.503. The molecule has 1 aliphatic carbocycles. The van der Waals surface area contributed by atoms with E-state index in [4.69, 9.17) is 5.11 Å². The van der Waals surface area contributed by atoms with Gasteiger partial charge in [-0.25, -0.2) is 0 Å². The molecule has 1 aliphatic rings. The SMILES string of the molecule is C=C1CCCC1(O)CO. The van der Waals surface area contributed by atoms with E-state index in [1.54, 1.807) is 0 Å². The highest BCUT2D eigenvalue weighted by Gasteiger charge is 2.33. The van der Waals surface area contributed by atoms with Crippen molar-refractivity contribution in [1.29, 1.82) is 0 Å². The number of hydrogen-bond acceptors (Lipinski definition) is 2. The molecule has 0 spiro atoms. The molecule has 1 saturated carbocycles. The van der Waals surface area contributed by atoms with Crippen molar-refractivity contribution in [2.24, 2.45) is 0 Å². The summed E-state index contributed by atoms with van der Waals surface area (Å²) >= 11 is 0. The van der Waals surface area contributed by atoms with Crippen LogP contribution in [0.1, 0.15) is 19.3 Å². The van der Waals surface area contributed by atoms with Crippen LogP contribution in [0, 0.1) is 0 Å². The molecule has 1 unspecified atom stereocenters. The monoisotopic (exact) mass is 128 g/mol. The van der Waals surface area contributed by atoms with E-state index < -0.39 is 5.60 Å². The maximum atomic E-state index is 9.42.